The van der Waals surface area contributed by atoms with E-state index >= 15 is 0 Å². The molecule has 4 rings (SSSR count). The van der Waals surface area contributed by atoms with Crippen LogP contribution in [0.2, 0.25) is 0 Å². The number of nitrogens with one attached hydrogen (secondary N) is 1. The monoisotopic (exact) mass is 694 g/mol. The number of aromatic nitrogens is 1. The summed E-state index contributed by atoms with van der Waals surface area (Å²) in [6.07, 6.45) is 7.52. The van der Waals surface area contributed by atoms with Crippen molar-refractivity contribution in [3.05, 3.63) is 52.0 Å². The van der Waals surface area contributed by atoms with Crippen LogP contribution in [0.5, 0.6) is 0 Å². The molecule has 1 saturated carbocycles. The fraction of sp³-hybridized carbons (Fsp3) is 0.667. The van der Waals surface area contributed by atoms with Crippen molar-refractivity contribution in [2.24, 2.45) is 23.7 Å². The van der Waals surface area contributed by atoms with Crippen LogP contribution in [0.4, 0.5) is 0 Å². The summed E-state index contributed by atoms with van der Waals surface area (Å²) in [6.45, 7) is 10.7. The van der Waals surface area contributed by atoms with Crippen molar-refractivity contribution in [3.8, 4) is 0 Å². The van der Waals surface area contributed by atoms with Crippen LogP contribution >= 0.6 is 11.3 Å². The second-order valence-corrected chi connectivity index (χ2v) is 16.0. The number of likely N-dealkylation sites (tertiary alicyclic amines) is 1. The summed E-state index contributed by atoms with van der Waals surface area (Å²) in [5.74, 6) is -0.201. The van der Waals surface area contributed by atoms with Crippen molar-refractivity contribution in [2.75, 3.05) is 20.6 Å². The number of hydrogen-bond donors (Lipinski definition) is 1. The second-order valence-electron chi connectivity index (χ2n) is 15.1. The number of amides is 2. The number of ether oxygens (including phenoxy) is 1. The maximum absolute atomic E-state index is 14.2. The van der Waals surface area contributed by atoms with E-state index in [-0.39, 0.29) is 59.9 Å². The van der Waals surface area contributed by atoms with E-state index in [4.69, 9.17) is 4.74 Å². The Morgan fingerprint density at radius 3 is 2.37 bits per heavy atom. The van der Waals surface area contributed by atoms with Gasteiger partial charge in [-0.05, 0) is 75.4 Å². The highest BCUT2D eigenvalue weighted by Gasteiger charge is 2.42. The molecule has 1 saturated heterocycles. The first-order valence-electron chi connectivity index (χ1n) is 18.3. The fourth-order valence-corrected chi connectivity index (χ4v) is 8.19. The molecule has 270 valence electrons. The van der Waals surface area contributed by atoms with Crippen LogP contribution in [0, 0.1) is 23.7 Å². The van der Waals surface area contributed by atoms with Crippen LogP contribution < -0.4 is 5.32 Å². The number of thiazole rings is 1. The molecule has 1 aromatic heterocycles. The van der Waals surface area contributed by atoms with E-state index in [0.29, 0.717) is 23.0 Å². The number of likely N-dealkylation sites (N-methyl/N-ethyl adjacent to an activating group) is 1. The van der Waals surface area contributed by atoms with E-state index in [2.05, 4.69) is 55.0 Å². The number of rotatable bonds is 17. The number of esters is 1. The minimum absolute atomic E-state index is 0.0128. The van der Waals surface area contributed by atoms with Gasteiger partial charge in [0.25, 0.3) is 5.91 Å². The molecule has 2 fully saturated rings. The summed E-state index contributed by atoms with van der Waals surface area (Å²) >= 11 is 1.29. The molecule has 0 spiro atoms. The molecule has 1 aliphatic carbocycles. The summed E-state index contributed by atoms with van der Waals surface area (Å²) in [5, 5.41) is 5.43. The molecule has 9 nitrogen and oxygen atoms in total. The summed E-state index contributed by atoms with van der Waals surface area (Å²) in [4.78, 5) is 62.1. The number of benzene rings is 1. The van der Waals surface area contributed by atoms with Gasteiger partial charge in [0.1, 0.15) is 10.7 Å². The topological polar surface area (TPSA) is 109 Å². The summed E-state index contributed by atoms with van der Waals surface area (Å²) in [5.41, 5.74) is 1.45. The highest BCUT2D eigenvalue weighted by atomic mass is 32.1. The minimum Gasteiger partial charge on any atom is -0.455 e. The van der Waals surface area contributed by atoms with E-state index in [1.807, 2.05) is 32.3 Å². The van der Waals surface area contributed by atoms with Crippen molar-refractivity contribution in [2.45, 2.75) is 123 Å². The average molecular weight is 695 g/mol. The molecule has 10 heteroatoms. The highest BCUT2D eigenvalue weighted by molar-refractivity contribution is 7.09. The Morgan fingerprint density at radius 2 is 1.73 bits per heavy atom. The molecule has 0 radical (unpaired) electrons. The van der Waals surface area contributed by atoms with Crippen LogP contribution in [0.3, 0.4) is 0 Å². The quantitative estimate of drug-likeness (QED) is 0.180. The van der Waals surface area contributed by atoms with Gasteiger partial charge in [0.15, 0.2) is 11.9 Å². The number of carbonyl (C=O) groups excluding carboxylic acids is 4. The van der Waals surface area contributed by atoms with E-state index in [1.165, 1.54) is 18.3 Å². The Labute approximate surface area is 297 Å². The molecular formula is C39H58N4O5S. The van der Waals surface area contributed by atoms with Gasteiger partial charge >= 0.3 is 5.97 Å². The lowest BCUT2D eigenvalue weighted by Crippen LogP contribution is -2.46. The Hall–Kier alpha value is -3.11. The number of ketones is 1. The van der Waals surface area contributed by atoms with Gasteiger partial charge in [-0.15, -0.1) is 11.3 Å². The molecule has 0 bridgehead atoms. The van der Waals surface area contributed by atoms with Crippen LogP contribution in [0.25, 0.3) is 0 Å². The van der Waals surface area contributed by atoms with Crippen molar-refractivity contribution < 1.29 is 23.9 Å². The molecular weight excluding hydrogens is 637 g/mol. The lowest BCUT2D eigenvalue weighted by atomic mass is 9.89. The molecule has 2 amide bonds. The first-order valence-corrected chi connectivity index (χ1v) is 19.2. The van der Waals surface area contributed by atoms with Crippen molar-refractivity contribution in [3.63, 3.8) is 0 Å². The molecule has 1 aliphatic heterocycles. The van der Waals surface area contributed by atoms with Gasteiger partial charge < -0.3 is 15.0 Å². The van der Waals surface area contributed by atoms with E-state index in [0.717, 1.165) is 63.5 Å². The summed E-state index contributed by atoms with van der Waals surface area (Å²) in [7, 11) is 3.85. The third kappa shape index (κ3) is 11.5. The highest BCUT2D eigenvalue weighted by Crippen LogP contribution is 2.41. The van der Waals surface area contributed by atoms with Gasteiger partial charge in [0, 0.05) is 50.2 Å². The third-order valence-corrected chi connectivity index (χ3v) is 11.1. The predicted molar refractivity (Wildman–Crippen MR) is 194 cm³/mol. The van der Waals surface area contributed by atoms with Gasteiger partial charge in [0.2, 0.25) is 5.91 Å². The maximum atomic E-state index is 14.2. The largest absolute Gasteiger partial charge is 0.455 e. The number of hydrogen-bond acceptors (Lipinski definition) is 8. The zero-order chi connectivity index (χ0) is 35.7. The van der Waals surface area contributed by atoms with Gasteiger partial charge in [-0.3, -0.25) is 24.1 Å². The van der Waals surface area contributed by atoms with Crippen LogP contribution in [-0.4, -0.2) is 77.1 Å². The second kappa shape index (κ2) is 18.2. The molecule has 2 heterocycles. The summed E-state index contributed by atoms with van der Waals surface area (Å²) in [6, 6.07) is 9.69. The lowest BCUT2D eigenvalue weighted by Gasteiger charge is -2.36. The molecule has 2 aliphatic rings. The zero-order valence-corrected chi connectivity index (χ0v) is 31.5. The third-order valence-electron chi connectivity index (χ3n) is 10.1. The smallest absolute Gasteiger partial charge is 0.303 e. The lowest BCUT2D eigenvalue weighted by molar-refractivity contribution is -0.149. The summed E-state index contributed by atoms with van der Waals surface area (Å²) < 4.78 is 5.82. The van der Waals surface area contributed by atoms with Crippen LogP contribution in [0.1, 0.15) is 120 Å². The van der Waals surface area contributed by atoms with Crippen LogP contribution in [0.15, 0.2) is 35.7 Å². The molecule has 1 aromatic carbocycles. The van der Waals surface area contributed by atoms with Gasteiger partial charge in [-0.25, -0.2) is 4.98 Å². The Kier molecular flexibility index (Phi) is 14.4. The molecule has 0 unspecified atom stereocenters. The Balaban J connectivity index is 1.47. The number of nitrogens with zero attached hydrogens (tertiary/aromatic N) is 3. The molecule has 49 heavy (non-hydrogen) atoms. The van der Waals surface area contributed by atoms with Crippen LogP contribution in [-0.2, 0) is 25.5 Å². The van der Waals surface area contributed by atoms with Gasteiger partial charge in [0.05, 0.1) is 6.04 Å². The SMILES string of the molecule is CC(=O)O[C@H](C[C@H](C(C)C)N(C)C(=O)[C@@H](CC(=O)[C@H]1CCCCCN1C)C1CC1)c1nc(C(=O)N[C@@H](Cc2ccccc2)CC(C)C)cs1. The number of Topliss-reactive ketones (excluding diaryl/α,β-unsaturated/α-hetero) is 1. The predicted octanol–water partition coefficient (Wildman–Crippen LogP) is 6.87. The molecule has 5 atom stereocenters. The number of carbonyl (C=O) groups is 4. The molecule has 2 aromatic rings. The average Bonchev–Trinajstić information content (AvgIpc) is 3.81. The Bertz CT molecular complexity index is 1390. The van der Waals surface area contributed by atoms with E-state index in [1.54, 1.807) is 10.3 Å². The minimum atomic E-state index is -0.719. The van der Waals surface area contributed by atoms with E-state index < -0.39 is 12.1 Å². The first kappa shape index (κ1) is 38.7. The van der Waals surface area contributed by atoms with Gasteiger partial charge in [-0.2, -0.15) is 0 Å². The van der Waals surface area contributed by atoms with Gasteiger partial charge in [-0.1, -0.05) is 70.9 Å². The maximum Gasteiger partial charge on any atom is 0.303 e. The van der Waals surface area contributed by atoms with Crippen molar-refractivity contribution in [1.82, 2.24) is 20.1 Å². The first-order chi connectivity index (χ1) is 23.3. The molecule has 1 N–H and O–H groups in total. The Morgan fingerprint density at radius 1 is 1.02 bits per heavy atom. The standard InChI is InChI=1S/C39H58N4O5S/c1-25(2)20-30(21-28-14-10-8-11-15-28)40-37(46)32-24-49-38(41-32)36(48-27(5)44)23-34(26(3)4)43(7)39(47)31(29-17-18-29)22-35(45)33-16-12-9-13-19-42(33)6/h8,10-11,14-15,24-26,29-31,33-34,36H,9,12-13,16-23H2,1-7H3,(H,40,46)/t30-,31+,33-,34-,36-/m1/s1. The van der Waals surface area contributed by atoms with E-state index in [9.17, 15) is 19.2 Å². The van der Waals surface area contributed by atoms with Crippen molar-refractivity contribution in [1.29, 1.82) is 0 Å². The fourth-order valence-electron chi connectivity index (χ4n) is 7.35. The zero-order valence-electron chi connectivity index (χ0n) is 30.7. The normalized spacial score (nSPS) is 19.5. The van der Waals surface area contributed by atoms with Crippen molar-refractivity contribution >= 4 is 34.9 Å².